The molecule has 0 atom stereocenters. The summed E-state index contributed by atoms with van der Waals surface area (Å²) in [7, 11) is 0. The van der Waals surface area contributed by atoms with E-state index in [0.717, 1.165) is 19.9 Å². The number of nitrogens with zero attached hydrogens (tertiary/aromatic N) is 3. The van der Waals surface area contributed by atoms with Crippen molar-refractivity contribution in [1.29, 1.82) is 0 Å². The van der Waals surface area contributed by atoms with Crippen molar-refractivity contribution in [2.75, 3.05) is 6.61 Å². The second-order valence-electron chi connectivity index (χ2n) is 9.29. The Morgan fingerprint density at radius 3 is 2.57 bits per heavy atom. The molecule has 2 aromatic heterocycles. The Labute approximate surface area is 262 Å². The molecule has 0 unspecified atom stereocenters. The van der Waals surface area contributed by atoms with E-state index in [2.05, 4.69) is 37.0 Å². The van der Waals surface area contributed by atoms with Crippen molar-refractivity contribution in [3.63, 3.8) is 0 Å². The van der Waals surface area contributed by atoms with E-state index < -0.39 is 0 Å². The molecule has 0 N–H and O–H groups in total. The van der Waals surface area contributed by atoms with Crippen molar-refractivity contribution in [2.45, 2.75) is 13.5 Å². The molecule has 10 heteroatoms. The summed E-state index contributed by atoms with van der Waals surface area (Å²) in [6, 6.07) is 26.0. The van der Waals surface area contributed by atoms with Crippen LogP contribution in [0.4, 0.5) is 0 Å². The molecule has 0 spiro atoms. The maximum atomic E-state index is 13.6. The number of furan rings is 1. The molecule has 0 fully saturated rings. The topological polar surface area (TPSA) is 78.9 Å². The number of fused-ring (bicyclic) bond motifs is 2. The summed E-state index contributed by atoms with van der Waals surface area (Å²) >= 11 is 13.6. The first-order chi connectivity index (χ1) is 20.4. The number of hydrogen-bond donors (Lipinski definition) is 0. The molecule has 0 bridgehead atoms. The van der Waals surface area contributed by atoms with Crippen LogP contribution in [0, 0.1) is 0 Å². The number of ether oxygens (including phenoxy) is 2. The minimum atomic E-state index is -0.334. The normalized spacial score (nSPS) is 11.5. The van der Waals surface area contributed by atoms with Gasteiger partial charge in [0.25, 0.3) is 5.56 Å². The molecule has 4 aromatic carbocycles. The summed E-state index contributed by atoms with van der Waals surface area (Å²) in [5, 5.41) is 6.20. The highest BCUT2D eigenvalue weighted by Crippen LogP contribution is 2.37. The molecule has 210 valence electrons. The van der Waals surface area contributed by atoms with Gasteiger partial charge < -0.3 is 13.9 Å². The van der Waals surface area contributed by atoms with Crippen LogP contribution in [0.3, 0.4) is 0 Å². The molecule has 6 rings (SSSR count). The van der Waals surface area contributed by atoms with Gasteiger partial charge in [-0.25, -0.2) is 4.98 Å². The monoisotopic (exact) mass is 705 g/mol. The summed E-state index contributed by atoms with van der Waals surface area (Å²) in [6.45, 7) is 2.60. The van der Waals surface area contributed by atoms with Crippen LogP contribution in [0.2, 0.25) is 5.02 Å². The van der Waals surface area contributed by atoms with Gasteiger partial charge in [-0.3, -0.25) is 4.79 Å². The molecular weight excluding hydrogens is 686 g/mol. The van der Waals surface area contributed by atoms with Crippen molar-refractivity contribution in [2.24, 2.45) is 5.10 Å². The highest BCUT2D eigenvalue weighted by atomic mass is 79.9. The number of para-hydroxylation sites is 1. The Morgan fingerprint density at radius 2 is 1.76 bits per heavy atom. The van der Waals surface area contributed by atoms with Crippen molar-refractivity contribution in [1.82, 2.24) is 9.66 Å². The Hall–Kier alpha value is -3.92. The minimum absolute atomic E-state index is 0.271. The largest absolute Gasteiger partial charge is 0.490 e. The first-order valence-electron chi connectivity index (χ1n) is 13.0. The molecular formula is C32H22Br2ClN3O4. The Balaban J connectivity index is 1.40. The van der Waals surface area contributed by atoms with Gasteiger partial charge in [0.05, 0.1) is 28.7 Å². The second kappa shape index (κ2) is 12.1. The Morgan fingerprint density at radius 1 is 0.976 bits per heavy atom. The summed E-state index contributed by atoms with van der Waals surface area (Å²) < 4.78 is 21.1. The predicted molar refractivity (Wildman–Crippen MR) is 173 cm³/mol. The van der Waals surface area contributed by atoms with Gasteiger partial charge in [-0.05, 0) is 78.7 Å². The lowest BCUT2D eigenvalue weighted by atomic mass is 10.2. The van der Waals surface area contributed by atoms with E-state index in [1.54, 1.807) is 30.3 Å². The zero-order valence-electron chi connectivity index (χ0n) is 22.2. The SMILES string of the molecule is CCOc1cc(C=Nn2c(-c3cc4cc(Br)ccc4o3)nc3ccccc3c2=O)cc(Cl)c1OCc1ccc(Br)cc1. The average molecular weight is 708 g/mol. The van der Waals surface area contributed by atoms with Gasteiger partial charge in [0, 0.05) is 14.3 Å². The van der Waals surface area contributed by atoms with Crippen LogP contribution in [-0.2, 0) is 6.61 Å². The van der Waals surface area contributed by atoms with Gasteiger partial charge in [0.1, 0.15) is 12.2 Å². The lowest BCUT2D eigenvalue weighted by Crippen LogP contribution is -2.20. The van der Waals surface area contributed by atoms with Crippen molar-refractivity contribution in [3.8, 4) is 23.1 Å². The maximum absolute atomic E-state index is 13.6. The number of halogens is 3. The predicted octanol–water partition coefficient (Wildman–Crippen LogP) is 8.85. The molecule has 7 nitrogen and oxygen atoms in total. The fourth-order valence-electron chi connectivity index (χ4n) is 4.44. The highest BCUT2D eigenvalue weighted by molar-refractivity contribution is 9.10. The highest BCUT2D eigenvalue weighted by Gasteiger charge is 2.17. The van der Waals surface area contributed by atoms with Crippen molar-refractivity contribution in [3.05, 3.63) is 120 Å². The third-order valence-electron chi connectivity index (χ3n) is 6.40. The van der Waals surface area contributed by atoms with E-state index in [1.165, 1.54) is 10.9 Å². The number of hydrogen-bond acceptors (Lipinski definition) is 6. The molecule has 42 heavy (non-hydrogen) atoms. The third-order valence-corrected chi connectivity index (χ3v) is 7.71. The summed E-state index contributed by atoms with van der Waals surface area (Å²) in [4.78, 5) is 18.4. The molecule has 0 aliphatic carbocycles. The van der Waals surface area contributed by atoms with E-state index in [4.69, 9.17) is 30.5 Å². The smallest absolute Gasteiger partial charge is 0.282 e. The van der Waals surface area contributed by atoms with E-state index in [-0.39, 0.29) is 11.4 Å². The average Bonchev–Trinajstić information content (AvgIpc) is 3.40. The fourth-order valence-corrected chi connectivity index (χ4v) is 5.36. The van der Waals surface area contributed by atoms with Crippen LogP contribution < -0.4 is 15.0 Å². The van der Waals surface area contributed by atoms with Gasteiger partial charge in [-0.2, -0.15) is 9.78 Å². The summed E-state index contributed by atoms with van der Waals surface area (Å²) in [6.07, 6.45) is 1.54. The Kier molecular flexibility index (Phi) is 8.15. The van der Waals surface area contributed by atoms with Gasteiger partial charge in [0.15, 0.2) is 17.3 Å². The molecule has 0 aliphatic rings. The quantitative estimate of drug-likeness (QED) is 0.148. The molecule has 2 heterocycles. The van der Waals surface area contributed by atoms with Crippen LogP contribution in [0.15, 0.2) is 108 Å². The molecule has 0 radical (unpaired) electrons. The minimum Gasteiger partial charge on any atom is -0.490 e. The molecule has 0 aliphatic heterocycles. The second-order valence-corrected chi connectivity index (χ2v) is 11.5. The zero-order chi connectivity index (χ0) is 29.2. The first kappa shape index (κ1) is 28.2. The van der Waals surface area contributed by atoms with Crippen LogP contribution in [0.25, 0.3) is 33.5 Å². The van der Waals surface area contributed by atoms with Gasteiger partial charge in [-0.1, -0.05) is 67.7 Å². The molecule has 0 amide bonds. The summed E-state index contributed by atoms with van der Waals surface area (Å²) in [5.74, 6) is 1.58. The van der Waals surface area contributed by atoms with Gasteiger partial charge in [0.2, 0.25) is 5.82 Å². The summed E-state index contributed by atoms with van der Waals surface area (Å²) in [5.41, 5.74) is 2.46. The lowest BCUT2D eigenvalue weighted by Gasteiger charge is -2.14. The Bertz CT molecular complexity index is 2020. The van der Waals surface area contributed by atoms with Crippen LogP contribution in [0.1, 0.15) is 18.1 Å². The molecule has 0 saturated heterocycles. The van der Waals surface area contributed by atoms with Crippen LogP contribution in [0.5, 0.6) is 11.5 Å². The van der Waals surface area contributed by atoms with Crippen molar-refractivity contribution < 1.29 is 13.9 Å². The van der Waals surface area contributed by atoms with Gasteiger partial charge in [-0.15, -0.1) is 0 Å². The maximum Gasteiger partial charge on any atom is 0.282 e. The fraction of sp³-hybridized carbons (Fsp3) is 0.0938. The zero-order valence-corrected chi connectivity index (χ0v) is 26.1. The third kappa shape index (κ3) is 5.86. The van der Waals surface area contributed by atoms with Crippen LogP contribution >= 0.6 is 43.5 Å². The van der Waals surface area contributed by atoms with Gasteiger partial charge >= 0.3 is 0 Å². The van der Waals surface area contributed by atoms with Crippen molar-refractivity contribution >= 4 is 71.5 Å². The number of rotatable bonds is 8. The van der Waals surface area contributed by atoms with E-state index in [9.17, 15) is 4.79 Å². The lowest BCUT2D eigenvalue weighted by molar-refractivity contribution is 0.269. The van der Waals surface area contributed by atoms with E-state index >= 15 is 0 Å². The first-order valence-corrected chi connectivity index (χ1v) is 14.9. The van der Waals surface area contributed by atoms with E-state index in [1.807, 2.05) is 61.5 Å². The molecule has 0 saturated carbocycles. The molecule has 6 aromatic rings. The van der Waals surface area contributed by atoms with E-state index in [0.29, 0.717) is 57.5 Å². The number of benzene rings is 4. The number of aromatic nitrogens is 2. The standard InChI is InChI=1S/C32H22Br2ClN3O4/c1-2-40-28-14-20(13-25(35)30(28)41-18-19-7-9-22(33)10-8-19)17-36-38-31(37-26-6-4-3-5-24(26)32(38)39)29-16-21-15-23(34)11-12-27(21)42-29/h3-17H,2,18H2,1H3. The van der Waals surface area contributed by atoms with Crippen LogP contribution in [-0.4, -0.2) is 22.5 Å².